The number of amides is 2. The second-order valence-electron chi connectivity index (χ2n) is 6.10. The second kappa shape index (κ2) is 8.20. The second-order valence-corrected chi connectivity index (χ2v) is 6.10. The fourth-order valence-electron chi connectivity index (χ4n) is 1.97. The molecule has 1 aromatic carbocycles. The molecule has 1 fully saturated rings. The van der Waals surface area contributed by atoms with Crippen LogP contribution in [0.4, 0.5) is 18.9 Å². The van der Waals surface area contributed by atoms with Crippen LogP contribution >= 0.6 is 0 Å². The fourth-order valence-corrected chi connectivity index (χ4v) is 1.97. The lowest BCUT2D eigenvalue weighted by atomic mass is 10.1. The molecule has 1 aliphatic rings. The number of carbonyl (C=O) groups excluding carboxylic acids is 2. The van der Waals surface area contributed by atoms with Gasteiger partial charge in [-0.1, -0.05) is 17.3 Å². The predicted molar refractivity (Wildman–Crippen MR) is 89.6 cm³/mol. The minimum Gasteiger partial charge on any atom is -0.382 e. The van der Waals surface area contributed by atoms with Gasteiger partial charge < -0.3 is 15.5 Å². The average Bonchev–Trinajstić information content (AvgIpc) is 3.42. The molecule has 1 atom stereocenters. The van der Waals surface area contributed by atoms with Crippen molar-refractivity contribution in [1.82, 2.24) is 5.32 Å². The Morgan fingerprint density at radius 3 is 2.42 bits per heavy atom. The largest absolute Gasteiger partial charge is 0.405 e. The summed E-state index contributed by atoms with van der Waals surface area (Å²) >= 11 is 0. The first kappa shape index (κ1) is 19.7. The molecule has 1 aromatic rings. The summed E-state index contributed by atoms with van der Waals surface area (Å²) in [6.07, 6.45) is -3.81. The Labute approximate surface area is 148 Å². The number of rotatable bonds is 7. The van der Waals surface area contributed by atoms with Gasteiger partial charge in [-0.3, -0.25) is 9.59 Å². The molecule has 142 valence electrons. The normalized spacial score (nSPS) is 16.0. The molecule has 0 spiro atoms. The summed E-state index contributed by atoms with van der Waals surface area (Å²) in [4.78, 5) is 28.1. The first-order valence-electron chi connectivity index (χ1n) is 8.12. The quantitative estimate of drug-likeness (QED) is 0.571. The summed E-state index contributed by atoms with van der Waals surface area (Å²) in [5.74, 6) is -0.793. The van der Waals surface area contributed by atoms with Crippen molar-refractivity contribution in [2.45, 2.75) is 39.0 Å². The van der Waals surface area contributed by atoms with Crippen molar-refractivity contribution in [1.29, 1.82) is 0 Å². The third-order valence-electron chi connectivity index (χ3n) is 3.70. The van der Waals surface area contributed by atoms with Gasteiger partial charge in [0.2, 0.25) is 12.0 Å². The molecule has 0 aromatic heterocycles. The van der Waals surface area contributed by atoms with Crippen LogP contribution in [-0.2, 0) is 14.4 Å². The zero-order valence-electron chi connectivity index (χ0n) is 14.4. The maximum Gasteiger partial charge on any atom is 0.405 e. The first-order chi connectivity index (χ1) is 12.2. The zero-order chi connectivity index (χ0) is 19.3. The highest BCUT2D eigenvalue weighted by molar-refractivity contribution is 5.99. The van der Waals surface area contributed by atoms with E-state index < -0.39 is 24.7 Å². The highest BCUT2D eigenvalue weighted by Crippen LogP contribution is 2.30. The Balaban J connectivity index is 1.85. The van der Waals surface area contributed by atoms with Crippen LogP contribution in [0.1, 0.15) is 32.3 Å². The van der Waals surface area contributed by atoms with Crippen molar-refractivity contribution in [2.75, 3.05) is 11.9 Å². The summed E-state index contributed by atoms with van der Waals surface area (Å²) in [7, 11) is 0. The van der Waals surface area contributed by atoms with E-state index in [2.05, 4.69) is 10.5 Å². The smallest absolute Gasteiger partial charge is 0.382 e. The molecule has 0 aliphatic heterocycles. The number of hydrogen-bond acceptors (Lipinski definition) is 4. The summed E-state index contributed by atoms with van der Waals surface area (Å²) in [5, 5.41) is 8.31. The molecule has 0 bridgehead atoms. The number of nitrogens with zero attached hydrogens (tertiary/aromatic N) is 1. The lowest BCUT2D eigenvalue weighted by Gasteiger charge is -2.12. The molecule has 0 heterocycles. The van der Waals surface area contributed by atoms with Gasteiger partial charge in [-0.05, 0) is 44.4 Å². The van der Waals surface area contributed by atoms with Crippen molar-refractivity contribution in [3.05, 3.63) is 29.8 Å². The summed E-state index contributed by atoms with van der Waals surface area (Å²) in [6.45, 7) is 1.52. The van der Waals surface area contributed by atoms with E-state index in [1.54, 1.807) is 36.5 Å². The van der Waals surface area contributed by atoms with E-state index >= 15 is 0 Å². The van der Waals surface area contributed by atoms with Gasteiger partial charge in [-0.15, -0.1) is 0 Å². The molecule has 2 amide bonds. The molecular weight excluding hydrogens is 351 g/mol. The number of nitrogens with one attached hydrogen (secondary N) is 2. The van der Waals surface area contributed by atoms with Crippen LogP contribution in [0.25, 0.3) is 0 Å². The van der Waals surface area contributed by atoms with Gasteiger partial charge >= 0.3 is 6.18 Å². The number of anilines is 1. The van der Waals surface area contributed by atoms with Gasteiger partial charge in [0, 0.05) is 11.6 Å². The Morgan fingerprint density at radius 1 is 1.27 bits per heavy atom. The van der Waals surface area contributed by atoms with E-state index in [0.29, 0.717) is 17.0 Å². The zero-order valence-corrected chi connectivity index (χ0v) is 14.4. The van der Waals surface area contributed by atoms with Crippen LogP contribution in [0.3, 0.4) is 0 Å². The highest BCUT2D eigenvalue weighted by atomic mass is 19.4. The Morgan fingerprint density at radius 2 is 1.88 bits per heavy atom. The van der Waals surface area contributed by atoms with Crippen molar-refractivity contribution in [3.63, 3.8) is 0 Å². The van der Waals surface area contributed by atoms with E-state index in [0.717, 1.165) is 12.8 Å². The van der Waals surface area contributed by atoms with E-state index in [9.17, 15) is 22.8 Å². The van der Waals surface area contributed by atoms with Crippen molar-refractivity contribution in [2.24, 2.45) is 11.1 Å². The lowest BCUT2D eigenvalue weighted by Crippen LogP contribution is -2.39. The predicted octanol–water partition coefficient (Wildman–Crippen LogP) is 2.84. The van der Waals surface area contributed by atoms with Crippen molar-refractivity contribution in [3.8, 4) is 0 Å². The third kappa shape index (κ3) is 6.38. The van der Waals surface area contributed by atoms with Gasteiger partial charge in [-0.25, -0.2) is 0 Å². The molecule has 26 heavy (non-hydrogen) atoms. The molecule has 9 heteroatoms. The van der Waals surface area contributed by atoms with Crippen molar-refractivity contribution < 1.29 is 27.6 Å². The minimum absolute atomic E-state index is 0.00478. The van der Waals surface area contributed by atoms with E-state index in [1.807, 2.05) is 0 Å². The van der Waals surface area contributed by atoms with Crippen LogP contribution in [-0.4, -0.2) is 36.4 Å². The van der Waals surface area contributed by atoms with Crippen LogP contribution in [0, 0.1) is 5.92 Å². The molecule has 2 N–H and O–H groups in total. The Kier molecular flexibility index (Phi) is 6.23. The molecule has 1 aliphatic carbocycles. The topological polar surface area (TPSA) is 79.8 Å². The molecular formula is C17H20F3N3O3. The van der Waals surface area contributed by atoms with Crippen LogP contribution in [0.2, 0.25) is 0 Å². The number of hydrogen-bond donors (Lipinski definition) is 2. The maximum atomic E-state index is 12.1. The van der Waals surface area contributed by atoms with Crippen LogP contribution in [0.5, 0.6) is 0 Å². The van der Waals surface area contributed by atoms with Crippen molar-refractivity contribution >= 4 is 23.2 Å². The number of halogens is 3. The molecule has 1 saturated carbocycles. The highest BCUT2D eigenvalue weighted by Gasteiger charge is 2.30. The third-order valence-corrected chi connectivity index (χ3v) is 3.70. The fraction of sp³-hybridized carbons (Fsp3) is 0.471. The maximum absolute atomic E-state index is 12.1. The molecule has 6 nitrogen and oxygen atoms in total. The van der Waals surface area contributed by atoms with E-state index in [-0.39, 0.29) is 11.8 Å². The standard InChI is InChI=1S/C17H20F3N3O3/c1-10(23-26-11(2)15(24)21-9-17(18,19)20)12-5-7-14(8-6-12)22-16(25)13-3-4-13/h5-8,11,13H,3-4,9H2,1-2H3,(H,21,24)(H,22,25). The van der Waals surface area contributed by atoms with Gasteiger partial charge in [0.1, 0.15) is 6.54 Å². The summed E-state index contributed by atoms with van der Waals surface area (Å²) in [5.41, 5.74) is 1.80. The number of carbonyl (C=O) groups is 2. The number of benzene rings is 1. The van der Waals surface area contributed by atoms with E-state index in [4.69, 9.17) is 4.84 Å². The first-order valence-corrected chi connectivity index (χ1v) is 8.12. The Hall–Kier alpha value is -2.58. The van der Waals surface area contributed by atoms with Crippen LogP contribution in [0.15, 0.2) is 29.4 Å². The van der Waals surface area contributed by atoms with Crippen LogP contribution < -0.4 is 10.6 Å². The summed E-state index contributed by atoms with van der Waals surface area (Å²) < 4.78 is 36.2. The number of alkyl halides is 3. The number of oxime groups is 1. The average molecular weight is 371 g/mol. The lowest BCUT2D eigenvalue weighted by molar-refractivity contribution is -0.145. The SMILES string of the molecule is CC(=NOC(C)C(=O)NCC(F)(F)F)c1ccc(NC(=O)C2CC2)cc1. The van der Waals surface area contributed by atoms with Gasteiger partial charge in [0.05, 0.1) is 5.71 Å². The molecule has 1 unspecified atom stereocenters. The summed E-state index contributed by atoms with van der Waals surface area (Å²) in [6, 6.07) is 6.88. The molecule has 2 rings (SSSR count). The Bertz CT molecular complexity index is 683. The monoisotopic (exact) mass is 371 g/mol. The van der Waals surface area contributed by atoms with Gasteiger partial charge in [-0.2, -0.15) is 13.2 Å². The van der Waals surface area contributed by atoms with Gasteiger partial charge in [0.15, 0.2) is 0 Å². The minimum atomic E-state index is -4.48. The molecule has 0 radical (unpaired) electrons. The molecule has 0 saturated heterocycles. The van der Waals surface area contributed by atoms with E-state index in [1.165, 1.54) is 6.92 Å². The van der Waals surface area contributed by atoms with Gasteiger partial charge in [0.25, 0.3) is 5.91 Å².